The summed E-state index contributed by atoms with van der Waals surface area (Å²) in [5.41, 5.74) is 0.710. The lowest BCUT2D eigenvalue weighted by molar-refractivity contribution is 0.198. The minimum Gasteiger partial charge on any atom is -0.385 e. The van der Waals surface area contributed by atoms with Crippen molar-refractivity contribution in [2.24, 2.45) is 0 Å². The molecule has 1 N–H and O–H groups in total. The number of fused-ring (bicyclic) bond motifs is 1. The van der Waals surface area contributed by atoms with Crippen LogP contribution in [-0.4, -0.2) is 44.9 Å². The third-order valence-electron chi connectivity index (χ3n) is 2.85. The maximum Gasteiger partial charge on any atom is 0.175 e. The van der Waals surface area contributed by atoms with Crippen LogP contribution in [0.5, 0.6) is 0 Å². The van der Waals surface area contributed by atoms with Gasteiger partial charge in [-0.25, -0.2) is 18.4 Å². The van der Waals surface area contributed by atoms with E-state index < -0.39 is 9.84 Å². The molecule has 0 aliphatic carbocycles. The van der Waals surface area contributed by atoms with E-state index in [2.05, 4.69) is 15.3 Å². The number of sulfone groups is 1. The molecule has 0 unspecified atom stereocenters. The summed E-state index contributed by atoms with van der Waals surface area (Å²) < 4.78 is 28.2. The Balaban J connectivity index is 2.34. The van der Waals surface area contributed by atoms with E-state index in [1.54, 1.807) is 25.3 Å². The summed E-state index contributed by atoms with van der Waals surface area (Å²) in [5.74, 6) is 0.636. The first kappa shape index (κ1) is 14.7. The van der Waals surface area contributed by atoms with E-state index in [4.69, 9.17) is 4.74 Å². The average Bonchev–Trinajstić information content (AvgIpc) is 2.42. The van der Waals surface area contributed by atoms with Gasteiger partial charge in [0.1, 0.15) is 12.1 Å². The number of rotatable bonds is 6. The summed E-state index contributed by atoms with van der Waals surface area (Å²) in [6.07, 6.45) is 3.48. The highest BCUT2D eigenvalue weighted by molar-refractivity contribution is 7.90. The molecule has 1 aromatic heterocycles. The molecular weight excluding hydrogens is 278 g/mol. The molecule has 0 amide bonds. The van der Waals surface area contributed by atoms with Gasteiger partial charge >= 0.3 is 0 Å². The Morgan fingerprint density at radius 3 is 2.80 bits per heavy atom. The van der Waals surface area contributed by atoms with Gasteiger partial charge in [-0.1, -0.05) is 0 Å². The van der Waals surface area contributed by atoms with Gasteiger partial charge in [-0.3, -0.25) is 0 Å². The molecule has 0 saturated carbocycles. The first-order valence-electron chi connectivity index (χ1n) is 6.20. The van der Waals surface area contributed by atoms with Gasteiger partial charge < -0.3 is 10.1 Å². The molecule has 0 saturated heterocycles. The van der Waals surface area contributed by atoms with Crippen molar-refractivity contribution in [3.05, 3.63) is 24.5 Å². The lowest BCUT2D eigenvalue weighted by atomic mass is 10.2. The van der Waals surface area contributed by atoms with E-state index in [0.717, 1.165) is 6.42 Å². The van der Waals surface area contributed by atoms with Gasteiger partial charge in [-0.2, -0.15) is 0 Å². The molecule has 1 heterocycles. The van der Waals surface area contributed by atoms with Crippen LogP contribution >= 0.6 is 0 Å². The number of benzene rings is 1. The molecule has 2 rings (SSSR count). The highest BCUT2D eigenvalue weighted by Gasteiger charge is 2.10. The molecule has 7 heteroatoms. The topological polar surface area (TPSA) is 81.2 Å². The highest BCUT2D eigenvalue weighted by atomic mass is 32.2. The predicted octanol–water partition coefficient (Wildman–Crippen LogP) is 1.48. The Hall–Kier alpha value is -1.73. The Labute approximate surface area is 118 Å². The maximum atomic E-state index is 11.6. The van der Waals surface area contributed by atoms with Crippen LogP contribution in [0.1, 0.15) is 6.42 Å². The van der Waals surface area contributed by atoms with Crippen LogP contribution < -0.4 is 5.32 Å². The third-order valence-corrected chi connectivity index (χ3v) is 3.96. The third kappa shape index (κ3) is 3.43. The molecule has 0 atom stereocenters. The van der Waals surface area contributed by atoms with Crippen molar-refractivity contribution in [3.8, 4) is 0 Å². The zero-order valence-corrected chi connectivity index (χ0v) is 12.3. The van der Waals surface area contributed by atoms with Crippen molar-refractivity contribution >= 4 is 26.6 Å². The molecule has 0 radical (unpaired) electrons. The summed E-state index contributed by atoms with van der Waals surface area (Å²) in [6, 6.07) is 4.84. The lowest BCUT2D eigenvalue weighted by Crippen LogP contribution is -2.07. The molecule has 0 fully saturated rings. The normalized spacial score (nSPS) is 11.7. The van der Waals surface area contributed by atoms with E-state index in [1.165, 1.54) is 12.6 Å². The van der Waals surface area contributed by atoms with Crippen molar-refractivity contribution in [1.29, 1.82) is 0 Å². The summed E-state index contributed by atoms with van der Waals surface area (Å²) >= 11 is 0. The first-order chi connectivity index (χ1) is 9.52. The fourth-order valence-corrected chi connectivity index (χ4v) is 2.48. The first-order valence-corrected chi connectivity index (χ1v) is 8.09. The number of hydrogen-bond acceptors (Lipinski definition) is 6. The molecule has 2 aromatic rings. The standard InChI is InChI=1S/C13H17N3O3S/c1-19-7-3-6-14-13-11-8-10(20(2,17)18)4-5-12(11)15-9-16-13/h4-5,8-9H,3,6-7H2,1-2H3,(H,14,15,16). The van der Waals surface area contributed by atoms with Gasteiger partial charge in [0, 0.05) is 31.9 Å². The molecule has 0 bridgehead atoms. The van der Waals surface area contributed by atoms with E-state index in [0.29, 0.717) is 29.9 Å². The van der Waals surface area contributed by atoms with Crippen molar-refractivity contribution < 1.29 is 13.2 Å². The van der Waals surface area contributed by atoms with Gasteiger partial charge in [0.25, 0.3) is 0 Å². The molecule has 0 aliphatic heterocycles. The van der Waals surface area contributed by atoms with E-state index in [-0.39, 0.29) is 4.90 Å². The van der Waals surface area contributed by atoms with Crippen LogP contribution in [0.2, 0.25) is 0 Å². The smallest absolute Gasteiger partial charge is 0.175 e. The van der Waals surface area contributed by atoms with Crippen LogP contribution in [0, 0.1) is 0 Å². The van der Waals surface area contributed by atoms with Crippen LogP contribution in [0.25, 0.3) is 10.9 Å². The van der Waals surface area contributed by atoms with Gasteiger partial charge in [-0.15, -0.1) is 0 Å². The van der Waals surface area contributed by atoms with Gasteiger partial charge in [0.15, 0.2) is 9.84 Å². The SMILES string of the molecule is COCCCNc1ncnc2ccc(S(C)(=O)=O)cc12. The van der Waals surface area contributed by atoms with Gasteiger partial charge in [-0.05, 0) is 24.6 Å². The van der Waals surface area contributed by atoms with E-state index in [9.17, 15) is 8.42 Å². The molecule has 0 aliphatic rings. The largest absolute Gasteiger partial charge is 0.385 e. The number of aromatic nitrogens is 2. The number of anilines is 1. The minimum absolute atomic E-state index is 0.264. The predicted molar refractivity (Wildman–Crippen MR) is 77.6 cm³/mol. The summed E-state index contributed by atoms with van der Waals surface area (Å²) in [7, 11) is -1.59. The van der Waals surface area contributed by atoms with Crippen molar-refractivity contribution in [2.45, 2.75) is 11.3 Å². The van der Waals surface area contributed by atoms with Crippen LogP contribution in [-0.2, 0) is 14.6 Å². The number of hydrogen-bond donors (Lipinski definition) is 1. The van der Waals surface area contributed by atoms with Gasteiger partial charge in [0.2, 0.25) is 0 Å². The summed E-state index contributed by atoms with van der Waals surface area (Å²) in [5, 5.41) is 3.88. The Morgan fingerprint density at radius 1 is 1.30 bits per heavy atom. The molecule has 6 nitrogen and oxygen atoms in total. The fraction of sp³-hybridized carbons (Fsp3) is 0.385. The van der Waals surface area contributed by atoms with Crippen molar-refractivity contribution in [1.82, 2.24) is 9.97 Å². The van der Waals surface area contributed by atoms with Crippen molar-refractivity contribution in [3.63, 3.8) is 0 Å². The monoisotopic (exact) mass is 295 g/mol. The highest BCUT2D eigenvalue weighted by Crippen LogP contribution is 2.22. The number of nitrogens with zero attached hydrogens (tertiary/aromatic N) is 2. The molecule has 20 heavy (non-hydrogen) atoms. The number of nitrogens with one attached hydrogen (secondary N) is 1. The fourth-order valence-electron chi connectivity index (χ4n) is 1.83. The van der Waals surface area contributed by atoms with E-state index >= 15 is 0 Å². The quantitative estimate of drug-likeness (QED) is 0.813. The zero-order valence-electron chi connectivity index (χ0n) is 11.5. The average molecular weight is 295 g/mol. The van der Waals surface area contributed by atoms with Crippen LogP contribution in [0.3, 0.4) is 0 Å². The number of methoxy groups -OCH3 is 1. The Kier molecular flexibility index (Phi) is 4.51. The van der Waals surface area contributed by atoms with Crippen LogP contribution in [0.4, 0.5) is 5.82 Å². The number of ether oxygens (including phenoxy) is 1. The molecule has 1 aromatic carbocycles. The Bertz CT molecular complexity index is 701. The molecular formula is C13H17N3O3S. The second kappa shape index (κ2) is 6.15. The van der Waals surface area contributed by atoms with Crippen molar-refractivity contribution in [2.75, 3.05) is 31.8 Å². The zero-order chi connectivity index (χ0) is 14.6. The summed E-state index contributed by atoms with van der Waals surface area (Å²) in [6.45, 7) is 1.35. The minimum atomic E-state index is -3.24. The molecule has 0 spiro atoms. The maximum absolute atomic E-state index is 11.6. The van der Waals surface area contributed by atoms with Crippen LogP contribution in [0.15, 0.2) is 29.4 Å². The second-order valence-electron chi connectivity index (χ2n) is 4.45. The summed E-state index contributed by atoms with van der Waals surface area (Å²) in [4.78, 5) is 8.57. The molecule has 108 valence electrons. The van der Waals surface area contributed by atoms with Gasteiger partial charge in [0.05, 0.1) is 10.4 Å². The lowest BCUT2D eigenvalue weighted by Gasteiger charge is -2.09. The Morgan fingerprint density at radius 2 is 2.10 bits per heavy atom. The second-order valence-corrected chi connectivity index (χ2v) is 6.46. The van der Waals surface area contributed by atoms with E-state index in [1.807, 2.05) is 0 Å².